The van der Waals surface area contributed by atoms with Crippen molar-refractivity contribution in [2.24, 2.45) is 0 Å². The first-order valence-corrected chi connectivity index (χ1v) is 6.94. The Bertz CT molecular complexity index is 630. The van der Waals surface area contributed by atoms with Crippen molar-refractivity contribution in [1.29, 1.82) is 0 Å². The summed E-state index contributed by atoms with van der Waals surface area (Å²) < 4.78 is 0. The summed E-state index contributed by atoms with van der Waals surface area (Å²) in [6.45, 7) is 1.67. The smallest absolute Gasteiger partial charge is 0.269 e. The lowest BCUT2D eigenvalue weighted by Gasteiger charge is -2.11. The number of amides is 2. The molecule has 1 aromatic heterocycles. The van der Waals surface area contributed by atoms with Crippen molar-refractivity contribution in [2.45, 2.75) is 17.3 Å². The Morgan fingerprint density at radius 1 is 1.29 bits per heavy atom. The Labute approximate surface area is 124 Å². The van der Waals surface area contributed by atoms with E-state index >= 15 is 0 Å². The number of nitrogens with one attached hydrogen (secondary N) is 3. The van der Waals surface area contributed by atoms with Crippen LogP contribution in [0.3, 0.4) is 0 Å². The first kappa shape index (κ1) is 14.9. The van der Waals surface area contributed by atoms with Gasteiger partial charge in [-0.25, -0.2) is 5.10 Å². The van der Waals surface area contributed by atoms with E-state index < -0.39 is 5.25 Å². The molecule has 0 saturated heterocycles. The molecule has 1 heterocycles. The lowest BCUT2D eigenvalue weighted by atomic mass is 10.2. The highest BCUT2D eigenvalue weighted by molar-refractivity contribution is 8.00. The van der Waals surface area contributed by atoms with Crippen molar-refractivity contribution in [3.63, 3.8) is 0 Å². The van der Waals surface area contributed by atoms with Crippen LogP contribution in [0, 0.1) is 0 Å². The van der Waals surface area contributed by atoms with E-state index in [4.69, 9.17) is 5.73 Å². The Balaban J connectivity index is 1.82. The van der Waals surface area contributed by atoms with Crippen LogP contribution in [0.25, 0.3) is 0 Å². The molecule has 2 aromatic rings. The zero-order valence-electron chi connectivity index (χ0n) is 11.2. The highest BCUT2D eigenvalue weighted by Crippen LogP contribution is 2.19. The summed E-state index contributed by atoms with van der Waals surface area (Å²) in [4.78, 5) is 27.5. The largest absolute Gasteiger partial charge is 0.368 e. The van der Waals surface area contributed by atoms with Gasteiger partial charge in [0, 0.05) is 5.56 Å². The summed E-state index contributed by atoms with van der Waals surface area (Å²) >= 11 is 1.12. The predicted molar refractivity (Wildman–Crippen MR) is 78.2 cm³/mol. The van der Waals surface area contributed by atoms with Crippen molar-refractivity contribution in [2.75, 3.05) is 5.73 Å². The molecule has 0 fully saturated rings. The molecule has 0 aliphatic carbocycles. The number of carbonyl (C=O) groups excluding carboxylic acids is 2. The van der Waals surface area contributed by atoms with E-state index in [1.807, 2.05) is 0 Å². The number of hydrogen-bond acceptors (Lipinski definition) is 6. The van der Waals surface area contributed by atoms with Crippen LogP contribution in [0.15, 0.2) is 35.5 Å². The summed E-state index contributed by atoms with van der Waals surface area (Å²) in [5.74, 6) is -0.571. The normalized spacial score (nSPS) is 11.7. The number of hydrogen-bond donors (Lipinski definition) is 4. The molecule has 5 N–H and O–H groups in total. The number of nitrogen functional groups attached to an aromatic ring is 1. The lowest BCUT2D eigenvalue weighted by molar-refractivity contribution is -0.121. The van der Waals surface area contributed by atoms with Gasteiger partial charge in [-0.3, -0.25) is 20.4 Å². The van der Waals surface area contributed by atoms with Gasteiger partial charge in [0.05, 0.1) is 5.25 Å². The Morgan fingerprint density at radius 2 is 2.00 bits per heavy atom. The highest BCUT2D eigenvalue weighted by atomic mass is 32.2. The highest BCUT2D eigenvalue weighted by Gasteiger charge is 2.17. The number of nitrogens with two attached hydrogens (primary N) is 1. The quantitative estimate of drug-likeness (QED) is 0.476. The van der Waals surface area contributed by atoms with Gasteiger partial charge in [0.15, 0.2) is 0 Å². The van der Waals surface area contributed by atoms with Crippen LogP contribution in [0.2, 0.25) is 0 Å². The molecule has 2 amide bonds. The van der Waals surface area contributed by atoms with Crippen LogP contribution >= 0.6 is 11.8 Å². The molecule has 2 rings (SSSR count). The second kappa shape index (κ2) is 6.75. The molecule has 8 nitrogen and oxygen atoms in total. The van der Waals surface area contributed by atoms with Crippen molar-refractivity contribution in [3.8, 4) is 0 Å². The first-order valence-electron chi connectivity index (χ1n) is 6.06. The maximum absolute atomic E-state index is 11.8. The van der Waals surface area contributed by atoms with E-state index in [-0.39, 0.29) is 17.8 Å². The third-order valence-corrected chi connectivity index (χ3v) is 3.43. The number of thioether (sulfide) groups is 1. The first-order chi connectivity index (χ1) is 10.1. The van der Waals surface area contributed by atoms with Crippen LogP contribution in [0.1, 0.15) is 17.3 Å². The number of H-pyrrole nitrogens is 1. The summed E-state index contributed by atoms with van der Waals surface area (Å²) in [6, 6.07) is 8.58. The van der Waals surface area contributed by atoms with Gasteiger partial charge in [-0.2, -0.15) is 4.98 Å². The molecule has 9 heteroatoms. The monoisotopic (exact) mass is 306 g/mol. The molecule has 0 saturated carbocycles. The predicted octanol–water partition coefficient (Wildman–Crippen LogP) is 0.329. The molecule has 110 valence electrons. The minimum atomic E-state index is -0.490. The summed E-state index contributed by atoms with van der Waals surface area (Å²) in [6.07, 6.45) is 0. The van der Waals surface area contributed by atoms with Crippen molar-refractivity contribution in [3.05, 3.63) is 35.9 Å². The van der Waals surface area contributed by atoms with Gasteiger partial charge >= 0.3 is 0 Å². The Kier molecular flexibility index (Phi) is 4.77. The second-order valence-electron chi connectivity index (χ2n) is 4.07. The summed E-state index contributed by atoms with van der Waals surface area (Å²) in [7, 11) is 0. The minimum absolute atomic E-state index is 0.183. The molecule has 1 atom stereocenters. The van der Waals surface area contributed by atoms with Crippen molar-refractivity contribution in [1.82, 2.24) is 26.0 Å². The fourth-order valence-corrected chi connectivity index (χ4v) is 2.14. The number of aromatic amines is 1. The van der Waals surface area contributed by atoms with Crippen molar-refractivity contribution >= 4 is 29.5 Å². The number of rotatable bonds is 4. The maximum atomic E-state index is 11.8. The summed E-state index contributed by atoms with van der Waals surface area (Å²) in [5.41, 5.74) is 10.5. The fraction of sp³-hybridized carbons (Fsp3) is 0.167. The number of hydrazine groups is 1. The third-order valence-electron chi connectivity index (χ3n) is 2.47. The third kappa shape index (κ3) is 4.21. The second-order valence-corrected chi connectivity index (χ2v) is 5.38. The average Bonchev–Trinajstić information content (AvgIpc) is 2.90. The number of benzene rings is 1. The molecule has 0 aliphatic rings. The van der Waals surface area contributed by atoms with Crippen LogP contribution in [-0.4, -0.2) is 32.2 Å². The van der Waals surface area contributed by atoms with Gasteiger partial charge in [0.1, 0.15) is 0 Å². The van der Waals surface area contributed by atoms with Crippen LogP contribution < -0.4 is 16.6 Å². The van der Waals surface area contributed by atoms with Gasteiger partial charge in [-0.1, -0.05) is 30.0 Å². The molecular weight excluding hydrogens is 292 g/mol. The van der Waals surface area contributed by atoms with Gasteiger partial charge in [-0.15, -0.1) is 5.10 Å². The van der Waals surface area contributed by atoms with E-state index in [1.165, 1.54) is 0 Å². The zero-order valence-corrected chi connectivity index (χ0v) is 12.0. The minimum Gasteiger partial charge on any atom is -0.368 e. The van der Waals surface area contributed by atoms with Crippen LogP contribution in [0.5, 0.6) is 0 Å². The van der Waals surface area contributed by atoms with Gasteiger partial charge in [-0.05, 0) is 19.1 Å². The number of aromatic nitrogens is 3. The van der Waals surface area contributed by atoms with Gasteiger partial charge in [0.25, 0.3) is 11.8 Å². The standard InChI is InChI=1S/C12H14N6O2S/c1-7(21-12-14-11(13)17-18-12)9(19)15-16-10(20)8-5-3-2-4-6-8/h2-7H,1H3,(H,15,19)(H,16,20)(H3,13,14,17,18)/t7-/m1/s1. The molecule has 0 bridgehead atoms. The molecule has 0 spiro atoms. The van der Waals surface area contributed by atoms with Crippen LogP contribution in [0.4, 0.5) is 5.95 Å². The fourth-order valence-electron chi connectivity index (χ4n) is 1.40. The van der Waals surface area contributed by atoms with E-state index in [0.717, 1.165) is 11.8 Å². The van der Waals surface area contributed by atoms with Gasteiger partial charge < -0.3 is 5.73 Å². The van der Waals surface area contributed by atoms with E-state index in [2.05, 4.69) is 26.0 Å². The van der Waals surface area contributed by atoms with E-state index in [0.29, 0.717) is 10.7 Å². The van der Waals surface area contributed by atoms with E-state index in [1.54, 1.807) is 37.3 Å². The van der Waals surface area contributed by atoms with Crippen LogP contribution in [-0.2, 0) is 4.79 Å². The van der Waals surface area contributed by atoms with E-state index in [9.17, 15) is 9.59 Å². The Hall–Kier alpha value is -2.55. The molecule has 0 radical (unpaired) electrons. The Morgan fingerprint density at radius 3 is 2.62 bits per heavy atom. The van der Waals surface area contributed by atoms with Gasteiger partial charge in [0.2, 0.25) is 11.1 Å². The maximum Gasteiger partial charge on any atom is 0.269 e. The molecule has 21 heavy (non-hydrogen) atoms. The number of nitrogens with zero attached hydrogens (tertiary/aromatic N) is 2. The molecule has 0 unspecified atom stereocenters. The average molecular weight is 306 g/mol. The summed E-state index contributed by atoms with van der Waals surface area (Å²) in [5, 5.41) is 6.17. The lowest BCUT2D eigenvalue weighted by Crippen LogP contribution is -2.44. The SMILES string of the molecule is C[C@@H](Sc1n[nH]c(N)n1)C(=O)NNC(=O)c1ccccc1. The molecular formula is C12H14N6O2S. The number of anilines is 1. The molecule has 1 aromatic carbocycles. The topological polar surface area (TPSA) is 126 Å². The van der Waals surface area contributed by atoms with Crippen molar-refractivity contribution < 1.29 is 9.59 Å². The molecule has 0 aliphatic heterocycles. The number of carbonyl (C=O) groups is 2. The zero-order chi connectivity index (χ0) is 15.2.